The van der Waals surface area contributed by atoms with Crippen LogP contribution >= 0.6 is 0 Å². The number of tetrazole rings is 1. The highest BCUT2D eigenvalue weighted by Gasteiger charge is 2.09. The second kappa shape index (κ2) is 6.16. The zero-order chi connectivity index (χ0) is 17.2. The molecule has 0 amide bonds. The van der Waals surface area contributed by atoms with Gasteiger partial charge in [-0.15, -0.1) is 10.2 Å². The van der Waals surface area contributed by atoms with Gasteiger partial charge in [0.1, 0.15) is 5.75 Å². The Labute approximate surface area is 142 Å². The molecule has 4 rings (SSSR count). The van der Waals surface area contributed by atoms with Crippen molar-refractivity contribution in [3.8, 4) is 17.1 Å². The maximum Gasteiger partial charge on any atom is 0.261 e. The molecule has 4 aromatic rings. The first-order valence-corrected chi connectivity index (χ1v) is 7.60. The van der Waals surface area contributed by atoms with Crippen LogP contribution in [-0.2, 0) is 6.54 Å². The summed E-state index contributed by atoms with van der Waals surface area (Å²) in [5.41, 5.74) is 2.16. The summed E-state index contributed by atoms with van der Waals surface area (Å²) < 4.78 is 6.79. The van der Waals surface area contributed by atoms with Crippen molar-refractivity contribution >= 4 is 10.9 Å². The van der Waals surface area contributed by atoms with E-state index in [9.17, 15) is 4.79 Å². The molecular weight excluding hydrogens is 320 g/mol. The molecule has 0 radical (unpaired) electrons. The summed E-state index contributed by atoms with van der Waals surface area (Å²) in [5.74, 6) is 1.18. The van der Waals surface area contributed by atoms with Crippen molar-refractivity contribution in [2.24, 2.45) is 0 Å². The van der Waals surface area contributed by atoms with E-state index in [1.165, 1.54) is 0 Å². The summed E-state index contributed by atoms with van der Waals surface area (Å²) in [6, 6.07) is 12.9. The third-order valence-electron chi connectivity index (χ3n) is 3.91. The van der Waals surface area contributed by atoms with Crippen LogP contribution in [0.1, 0.15) is 5.56 Å². The molecule has 8 nitrogen and oxygen atoms in total. The standard InChI is InChI=1S/C17H14N6O2/c1-25-13-4-2-3-11(7-13)9-23-10-18-15-6-5-12(8-14(15)17(23)24)16-19-21-22-20-16/h2-8,10H,9H2,1H3,(H,19,20,21,22). The van der Waals surface area contributed by atoms with E-state index in [0.717, 1.165) is 11.3 Å². The summed E-state index contributed by atoms with van der Waals surface area (Å²) in [5, 5.41) is 14.3. The first-order valence-electron chi connectivity index (χ1n) is 7.60. The van der Waals surface area contributed by atoms with Gasteiger partial charge in [-0.1, -0.05) is 12.1 Å². The topological polar surface area (TPSA) is 98.6 Å². The van der Waals surface area contributed by atoms with E-state index < -0.39 is 0 Å². The number of ether oxygens (including phenoxy) is 1. The maximum absolute atomic E-state index is 12.8. The van der Waals surface area contributed by atoms with Gasteiger partial charge < -0.3 is 4.74 Å². The number of nitrogens with one attached hydrogen (secondary N) is 1. The molecule has 0 saturated carbocycles. The number of aromatic nitrogens is 6. The number of aromatic amines is 1. The molecule has 2 heterocycles. The molecule has 0 aliphatic rings. The molecule has 0 fully saturated rings. The number of benzene rings is 2. The Kier molecular flexibility index (Phi) is 3.70. The zero-order valence-corrected chi connectivity index (χ0v) is 13.4. The van der Waals surface area contributed by atoms with Gasteiger partial charge in [-0.2, -0.15) is 5.21 Å². The van der Waals surface area contributed by atoms with Gasteiger partial charge in [-0.05, 0) is 41.1 Å². The van der Waals surface area contributed by atoms with Gasteiger partial charge in [0, 0.05) is 5.56 Å². The normalized spacial score (nSPS) is 10.9. The lowest BCUT2D eigenvalue weighted by Gasteiger charge is -2.08. The average molecular weight is 334 g/mol. The number of rotatable bonds is 4. The van der Waals surface area contributed by atoms with E-state index in [-0.39, 0.29) is 5.56 Å². The van der Waals surface area contributed by atoms with Crippen LogP contribution in [0.25, 0.3) is 22.3 Å². The fraction of sp³-hybridized carbons (Fsp3) is 0.118. The molecule has 0 aliphatic heterocycles. The first-order chi connectivity index (χ1) is 12.2. The summed E-state index contributed by atoms with van der Waals surface area (Å²) in [6.45, 7) is 0.408. The highest BCUT2D eigenvalue weighted by atomic mass is 16.5. The minimum absolute atomic E-state index is 0.127. The van der Waals surface area contributed by atoms with Crippen LogP contribution in [0.15, 0.2) is 53.6 Å². The van der Waals surface area contributed by atoms with E-state index in [2.05, 4.69) is 25.6 Å². The Balaban J connectivity index is 1.77. The Morgan fingerprint density at radius 3 is 2.92 bits per heavy atom. The number of methoxy groups -OCH3 is 1. The average Bonchev–Trinajstić information content (AvgIpc) is 3.19. The van der Waals surface area contributed by atoms with Crippen LogP contribution in [0.5, 0.6) is 5.75 Å². The Bertz CT molecular complexity index is 1090. The lowest BCUT2D eigenvalue weighted by molar-refractivity contribution is 0.414. The Hall–Kier alpha value is -3.55. The molecule has 1 N–H and O–H groups in total. The molecule has 25 heavy (non-hydrogen) atoms. The van der Waals surface area contributed by atoms with E-state index in [0.29, 0.717) is 28.8 Å². The van der Waals surface area contributed by atoms with Crippen LogP contribution in [0.4, 0.5) is 0 Å². The molecule has 2 aromatic heterocycles. The van der Waals surface area contributed by atoms with E-state index in [1.54, 1.807) is 30.1 Å². The van der Waals surface area contributed by atoms with Gasteiger partial charge in [-0.3, -0.25) is 9.36 Å². The van der Waals surface area contributed by atoms with Crippen molar-refractivity contribution in [1.82, 2.24) is 30.2 Å². The van der Waals surface area contributed by atoms with Gasteiger partial charge in [0.15, 0.2) is 0 Å². The van der Waals surface area contributed by atoms with Gasteiger partial charge in [0.25, 0.3) is 5.56 Å². The Morgan fingerprint density at radius 1 is 1.20 bits per heavy atom. The smallest absolute Gasteiger partial charge is 0.261 e. The first kappa shape index (κ1) is 15.0. The quantitative estimate of drug-likeness (QED) is 0.609. The second-order valence-corrected chi connectivity index (χ2v) is 5.50. The number of H-pyrrole nitrogens is 1. The zero-order valence-electron chi connectivity index (χ0n) is 13.4. The van der Waals surface area contributed by atoms with Crippen LogP contribution < -0.4 is 10.3 Å². The van der Waals surface area contributed by atoms with Gasteiger partial charge in [0.05, 0.1) is 30.9 Å². The van der Waals surface area contributed by atoms with Gasteiger partial charge >= 0.3 is 0 Å². The van der Waals surface area contributed by atoms with Crippen molar-refractivity contribution in [3.05, 3.63) is 64.7 Å². The number of nitrogens with zero attached hydrogens (tertiary/aromatic N) is 5. The summed E-state index contributed by atoms with van der Waals surface area (Å²) >= 11 is 0. The summed E-state index contributed by atoms with van der Waals surface area (Å²) in [6.07, 6.45) is 1.55. The summed E-state index contributed by atoms with van der Waals surface area (Å²) in [4.78, 5) is 17.2. The predicted octanol–water partition coefficient (Wildman–Crippen LogP) is 1.63. The predicted molar refractivity (Wildman–Crippen MR) is 91.3 cm³/mol. The molecule has 0 unspecified atom stereocenters. The van der Waals surface area contributed by atoms with Gasteiger partial charge in [-0.25, -0.2) is 4.98 Å². The third kappa shape index (κ3) is 2.85. The molecule has 2 aromatic carbocycles. The number of hydrogen-bond acceptors (Lipinski definition) is 6. The van der Waals surface area contributed by atoms with Crippen molar-refractivity contribution < 1.29 is 4.74 Å². The molecular formula is C17H14N6O2. The Morgan fingerprint density at radius 2 is 2.12 bits per heavy atom. The van der Waals surface area contributed by atoms with Crippen LogP contribution in [0.2, 0.25) is 0 Å². The molecule has 124 valence electrons. The van der Waals surface area contributed by atoms with Crippen LogP contribution in [0.3, 0.4) is 0 Å². The molecule has 8 heteroatoms. The van der Waals surface area contributed by atoms with Crippen molar-refractivity contribution in [3.63, 3.8) is 0 Å². The number of hydrogen-bond donors (Lipinski definition) is 1. The van der Waals surface area contributed by atoms with E-state index >= 15 is 0 Å². The molecule has 0 saturated heterocycles. The molecule has 0 aliphatic carbocycles. The van der Waals surface area contributed by atoms with Gasteiger partial charge in [0.2, 0.25) is 5.82 Å². The van der Waals surface area contributed by atoms with Crippen molar-refractivity contribution in [2.45, 2.75) is 6.54 Å². The third-order valence-corrected chi connectivity index (χ3v) is 3.91. The monoisotopic (exact) mass is 334 g/mol. The largest absolute Gasteiger partial charge is 0.497 e. The van der Waals surface area contributed by atoms with E-state index in [1.807, 2.05) is 30.3 Å². The minimum atomic E-state index is -0.127. The highest BCUT2D eigenvalue weighted by molar-refractivity contribution is 5.82. The minimum Gasteiger partial charge on any atom is -0.497 e. The lowest BCUT2D eigenvalue weighted by atomic mass is 10.1. The van der Waals surface area contributed by atoms with Crippen molar-refractivity contribution in [1.29, 1.82) is 0 Å². The van der Waals surface area contributed by atoms with E-state index in [4.69, 9.17) is 4.74 Å². The fourth-order valence-electron chi connectivity index (χ4n) is 2.66. The molecule has 0 spiro atoms. The summed E-state index contributed by atoms with van der Waals surface area (Å²) in [7, 11) is 1.61. The SMILES string of the molecule is COc1cccc(Cn2cnc3ccc(-c4nn[nH]n4)cc3c2=O)c1. The fourth-order valence-corrected chi connectivity index (χ4v) is 2.66. The molecule has 0 atom stereocenters. The highest BCUT2D eigenvalue weighted by Crippen LogP contribution is 2.18. The van der Waals surface area contributed by atoms with Crippen LogP contribution in [0, 0.1) is 0 Å². The lowest BCUT2D eigenvalue weighted by Crippen LogP contribution is -2.21. The van der Waals surface area contributed by atoms with Crippen molar-refractivity contribution in [2.75, 3.05) is 7.11 Å². The molecule has 0 bridgehead atoms. The maximum atomic E-state index is 12.8. The second-order valence-electron chi connectivity index (χ2n) is 5.50. The number of fused-ring (bicyclic) bond motifs is 1. The van der Waals surface area contributed by atoms with Crippen LogP contribution in [-0.4, -0.2) is 37.3 Å².